The summed E-state index contributed by atoms with van der Waals surface area (Å²) >= 11 is 2.45. The van der Waals surface area contributed by atoms with Crippen molar-refractivity contribution >= 4 is 118 Å². The van der Waals surface area contributed by atoms with Crippen molar-refractivity contribution in [2.45, 2.75) is 44.9 Å². The van der Waals surface area contributed by atoms with Crippen molar-refractivity contribution < 1.29 is 44.8 Å². The molecule has 0 aliphatic heterocycles. The average molecular weight is 1150 g/mol. The lowest BCUT2D eigenvalue weighted by atomic mass is 9.97. The molecule has 0 fully saturated rings. The van der Waals surface area contributed by atoms with Gasteiger partial charge in [0.25, 0.3) is 9.05 Å². The van der Waals surface area contributed by atoms with Crippen molar-refractivity contribution in [2.24, 2.45) is 5.14 Å². The van der Waals surface area contributed by atoms with E-state index in [1.807, 2.05) is 97.1 Å². The molecule has 0 bridgehead atoms. The highest BCUT2D eigenvalue weighted by Gasteiger charge is 2.25. The van der Waals surface area contributed by atoms with Crippen LogP contribution in [0, 0.1) is 0 Å². The van der Waals surface area contributed by atoms with E-state index in [0.717, 1.165) is 70.6 Å². The lowest BCUT2D eigenvalue weighted by Crippen LogP contribution is -2.21. The van der Waals surface area contributed by atoms with Gasteiger partial charge in [0.05, 0.1) is 30.2 Å². The molecule has 0 atom stereocenters. The summed E-state index contributed by atoms with van der Waals surface area (Å²) in [5.41, 5.74) is 6.97. The first kappa shape index (κ1) is 60.9. The Morgan fingerprint density at radius 2 is 0.897 bits per heavy atom. The molecular formula is C55H51ClN6O12S4. The standard InChI is InChI=1S/C26H21ClN2O4S2.C26H23N3O4S2.2CO2.CH4.H3N/c2*1-3-29(4-2)17-10-12-19-21(14-17)33-26(30)24(23(19)16-8-6-5-7-9-16)25-28-20-13-11-18(35(27,31)32)15-22(20)34-25;2*2-1-3;;/h5-15H,3-4H2,1-2H3;5-15H,3-4H2,1-2H3,(H2,27,31,32);;;1H4;1H3. The maximum Gasteiger partial charge on any atom is 0.373 e. The molecule has 23 heteroatoms. The minimum atomic E-state index is -3.89. The summed E-state index contributed by atoms with van der Waals surface area (Å²) in [6.07, 6.45) is 0.500. The van der Waals surface area contributed by atoms with E-state index in [-0.39, 0.29) is 35.7 Å². The second kappa shape index (κ2) is 26.4. The number of nitrogens with two attached hydrogens (primary N) is 1. The van der Waals surface area contributed by atoms with Crippen molar-refractivity contribution in [2.75, 3.05) is 36.0 Å². The Bertz CT molecular complexity index is 3920. The number of nitrogens with zero attached hydrogens (tertiary/aromatic N) is 4. The molecule has 4 aromatic heterocycles. The minimum absolute atomic E-state index is 0. The van der Waals surface area contributed by atoms with Gasteiger partial charge in [-0.05, 0) is 99.5 Å². The zero-order valence-corrected chi connectivity index (χ0v) is 45.5. The van der Waals surface area contributed by atoms with Crippen molar-refractivity contribution in [3.63, 3.8) is 0 Å². The highest BCUT2D eigenvalue weighted by Crippen LogP contribution is 2.42. The number of hydrogen-bond donors (Lipinski definition) is 2. The van der Waals surface area contributed by atoms with Crippen molar-refractivity contribution in [3.8, 4) is 43.4 Å². The summed E-state index contributed by atoms with van der Waals surface area (Å²) in [6.45, 7) is 11.7. The van der Waals surface area contributed by atoms with Crippen LogP contribution in [0.15, 0.2) is 162 Å². The highest BCUT2D eigenvalue weighted by molar-refractivity contribution is 8.13. The number of benzene rings is 6. The van der Waals surface area contributed by atoms with Gasteiger partial charge in [-0.1, -0.05) is 68.1 Å². The molecule has 0 aliphatic rings. The minimum Gasteiger partial charge on any atom is -0.422 e. The van der Waals surface area contributed by atoms with E-state index >= 15 is 0 Å². The summed E-state index contributed by atoms with van der Waals surface area (Å²) in [5, 5.41) is 7.79. The molecule has 0 unspecified atom stereocenters. The van der Waals surface area contributed by atoms with Crippen LogP contribution in [0.4, 0.5) is 11.4 Å². The summed E-state index contributed by atoms with van der Waals surface area (Å²) in [5.74, 6) is 0. The quantitative estimate of drug-likeness (QED) is 0.0848. The van der Waals surface area contributed by atoms with Crippen molar-refractivity contribution in [1.29, 1.82) is 0 Å². The van der Waals surface area contributed by atoms with Crippen LogP contribution in [0.3, 0.4) is 0 Å². The number of sulfonamides is 1. The Hall–Kier alpha value is -8.01. The molecule has 10 aromatic rings. The van der Waals surface area contributed by atoms with E-state index in [9.17, 15) is 26.4 Å². The van der Waals surface area contributed by atoms with Crippen LogP contribution in [-0.2, 0) is 38.3 Å². The number of primary sulfonamides is 1. The molecule has 0 saturated heterocycles. The Morgan fingerprint density at radius 3 is 1.24 bits per heavy atom. The lowest BCUT2D eigenvalue weighted by molar-refractivity contribution is -0.193. The Morgan fingerprint density at radius 1 is 0.538 bits per heavy atom. The number of rotatable bonds is 12. The molecular weight excluding hydrogens is 1100 g/mol. The SMILES string of the molecule is C.CCN(CC)c1ccc2c(-c3ccccc3)c(-c3nc4ccc(S(=O)(=O)Cl)cc4s3)c(=O)oc2c1.CCN(CC)c1ccc2c(-c3ccccc3)c(-c3nc4ccc(S(N)(=O)=O)cc4s3)c(=O)oc2c1.N.O=C=O.O=C=O. The van der Waals surface area contributed by atoms with Crippen LogP contribution >= 0.6 is 33.4 Å². The van der Waals surface area contributed by atoms with Gasteiger partial charge in [-0.25, -0.2) is 41.5 Å². The van der Waals surface area contributed by atoms with Gasteiger partial charge in [0.15, 0.2) is 0 Å². The maximum absolute atomic E-state index is 13.4. The molecule has 0 aliphatic carbocycles. The largest absolute Gasteiger partial charge is 0.422 e. The van der Waals surface area contributed by atoms with Gasteiger partial charge in [-0.15, -0.1) is 22.7 Å². The predicted octanol–water partition coefficient (Wildman–Crippen LogP) is 11.4. The van der Waals surface area contributed by atoms with Crippen LogP contribution in [0.2, 0.25) is 0 Å². The van der Waals surface area contributed by atoms with Crippen LogP contribution in [-0.4, -0.2) is 65.3 Å². The number of aromatic nitrogens is 2. The Kier molecular flexibility index (Phi) is 20.6. The summed E-state index contributed by atoms with van der Waals surface area (Å²) in [4.78, 5) is 73.0. The maximum atomic E-state index is 13.4. The molecule has 404 valence electrons. The fraction of sp³-hybridized carbons (Fsp3) is 0.164. The number of fused-ring (bicyclic) bond motifs is 4. The van der Waals surface area contributed by atoms with Gasteiger partial charge < -0.3 is 24.8 Å². The molecule has 0 amide bonds. The molecule has 5 N–H and O–H groups in total. The highest BCUT2D eigenvalue weighted by atomic mass is 35.7. The zero-order chi connectivity index (χ0) is 54.9. The average Bonchev–Trinajstić information content (AvgIpc) is 4.03. The molecule has 0 spiro atoms. The van der Waals surface area contributed by atoms with E-state index in [4.69, 9.17) is 43.8 Å². The number of halogens is 1. The number of carbonyl (C=O) groups excluding carboxylic acids is 4. The first-order chi connectivity index (χ1) is 36.4. The van der Waals surface area contributed by atoms with E-state index < -0.39 is 30.3 Å². The van der Waals surface area contributed by atoms with Gasteiger partial charge in [0.1, 0.15) is 32.3 Å². The topological polar surface area (TPSA) is 290 Å². The normalized spacial score (nSPS) is 10.8. The third-order valence-corrected chi connectivity index (χ3v) is 16.3. The van der Waals surface area contributed by atoms with E-state index in [1.165, 1.54) is 46.9 Å². The first-order valence-corrected chi connectivity index (χ1v) is 28.5. The number of thiazole rings is 2. The van der Waals surface area contributed by atoms with Crippen molar-refractivity contribution in [1.82, 2.24) is 16.1 Å². The van der Waals surface area contributed by atoms with Crippen LogP contribution in [0.25, 0.3) is 85.8 Å². The van der Waals surface area contributed by atoms with E-state index in [1.54, 1.807) is 12.1 Å². The number of anilines is 2. The summed E-state index contributed by atoms with van der Waals surface area (Å²) in [7, 11) is -2.22. The van der Waals surface area contributed by atoms with Gasteiger partial charge in [-0.3, -0.25) is 0 Å². The van der Waals surface area contributed by atoms with E-state index in [2.05, 4.69) is 47.5 Å². The third kappa shape index (κ3) is 13.2. The van der Waals surface area contributed by atoms with Crippen LogP contribution < -0.4 is 32.3 Å². The smallest absolute Gasteiger partial charge is 0.373 e. The van der Waals surface area contributed by atoms with Gasteiger partial charge in [-0.2, -0.15) is 19.2 Å². The second-order valence-electron chi connectivity index (χ2n) is 16.2. The zero-order valence-electron chi connectivity index (χ0n) is 41.5. The molecule has 0 saturated carbocycles. The van der Waals surface area contributed by atoms with Gasteiger partial charge in [0, 0.05) is 82.3 Å². The fourth-order valence-electron chi connectivity index (χ4n) is 8.50. The summed E-state index contributed by atoms with van der Waals surface area (Å²) < 4.78 is 60.1. The molecule has 10 rings (SSSR count). The Balaban J connectivity index is 0.000000255. The molecule has 4 heterocycles. The Labute approximate surface area is 460 Å². The van der Waals surface area contributed by atoms with Crippen LogP contribution in [0.5, 0.6) is 0 Å². The number of hydrogen-bond acceptors (Lipinski definition) is 19. The monoisotopic (exact) mass is 1150 g/mol. The lowest BCUT2D eigenvalue weighted by Gasteiger charge is -2.21. The third-order valence-electron chi connectivity index (χ3n) is 11.9. The first-order valence-electron chi connectivity index (χ1n) is 23.0. The molecule has 18 nitrogen and oxygen atoms in total. The molecule has 78 heavy (non-hydrogen) atoms. The predicted molar refractivity (Wildman–Crippen MR) is 306 cm³/mol. The van der Waals surface area contributed by atoms with Crippen LogP contribution in [0.1, 0.15) is 35.1 Å². The summed E-state index contributed by atoms with van der Waals surface area (Å²) in [6, 6.07) is 40.1. The van der Waals surface area contributed by atoms with Gasteiger partial charge in [0.2, 0.25) is 10.0 Å². The second-order valence-corrected chi connectivity index (χ2v) is 22.4. The molecule has 0 radical (unpaired) electrons. The van der Waals surface area contributed by atoms with E-state index in [0.29, 0.717) is 52.7 Å². The van der Waals surface area contributed by atoms with Crippen molar-refractivity contribution in [3.05, 3.63) is 154 Å². The fourth-order valence-corrected chi connectivity index (χ4v) is 12.1. The molecule has 6 aromatic carbocycles. The van der Waals surface area contributed by atoms with Gasteiger partial charge >= 0.3 is 23.6 Å².